The molecule has 0 fully saturated rings. The Bertz CT molecular complexity index is 1250. The third-order valence-corrected chi connectivity index (χ3v) is 6.40. The predicted molar refractivity (Wildman–Crippen MR) is 121 cm³/mol. The topological polar surface area (TPSA) is 3.88 Å². The van der Waals surface area contributed by atoms with Crippen molar-refractivity contribution in [1.29, 1.82) is 0 Å². The van der Waals surface area contributed by atoms with E-state index in [2.05, 4.69) is 105 Å². The summed E-state index contributed by atoms with van der Waals surface area (Å²) in [6, 6.07) is 24.3. The van der Waals surface area contributed by atoms with Gasteiger partial charge in [0.25, 0.3) is 0 Å². The van der Waals surface area contributed by atoms with E-state index in [1.807, 2.05) is 0 Å². The Kier molecular flexibility index (Phi) is 4.13. The van der Waals surface area contributed by atoms with E-state index in [0.717, 1.165) is 6.42 Å². The standard InChI is InChI=1S/C28H26N/c1-18-9-8-12-22-23-14-13-19(2)28(25(23)16-24(18)22)27-15-20(3)26(17-29(27)4)21-10-6-5-7-11-21/h5-15,17H,16H2,1-4H3/q+1. The molecule has 142 valence electrons. The second kappa shape index (κ2) is 6.70. The Morgan fingerprint density at radius 1 is 0.655 bits per heavy atom. The van der Waals surface area contributed by atoms with Crippen LogP contribution in [0.2, 0.25) is 0 Å². The molecule has 1 nitrogen and oxygen atoms in total. The lowest BCUT2D eigenvalue weighted by molar-refractivity contribution is -0.660. The summed E-state index contributed by atoms with van der Waals surface area (Å²) in [5, 5.41) is 0. The first kappa shape index (κ1) is 17.9. The molecular weight excluding hydrogens is 350 g/mol. The van der Waals surface area contributed by atoms with Crippen molar-refractivity contribution in [2.24, 2.45) is 7.05 Å². The first-order valence-electron chi connectivity index (χ1n) is 10.3. The van der Waals surface area contributed by atoms with Gasteiger partial charge in [0, 0.05) is 11.6 Å². The van der Waals surface area contributed by atoms with Crippen molar-refractivity contribution >= 4 is 0 Å². The SMILES string of the molecule is Cc1cc(-c2c(C)ccc3c2Cc2c(C)cccc2-3)[n+](C)cc1-c1ccccc1. The Hall–Kier alpha value is -3.19. The predicted octanol–water partition coefficient (Wildman–Crippen LogP) is 6.34. The number of aromatic nitrogens is 1. The molecule has 0 radical (unpaired) electrons. The van der Waals surface area contributed by atoms with Gasteiger partial charge in [-0.2, -0.15) is 0 Å². The van der Waals surface area contributed by atoms with Crippen molar-refractivity contribution in [3.05, 3.63) is 101 Å². The van der Waals surface area contributed by atoms with Gasteiger partial charge in [-0.3, -0.25) is 0 Å². The average Bonchev–Trinajstić information content (AvgIpc) is 3.10. The summed E-state index contributed by atoms with van der Waals surface area (Å²) in [6.45, 7) is 6.70. The zero-order valence-corrected chi connectivity index (χ0v) is 17.6. The highest BCUT2D eigenvalue weighted by molar-refractivity contribution is 5.86. The molecule has 1 aromatic heterocycles. The fraction of sp³-hybridized carbons (Fsp3) is 0.179. The number of aryl methyl sites for hydroxylation is 4. The molecule has 1 heterocycles. The minimum Gasteiger partial charge on any atom is -0.200 e. The van der Waals surface area contributed by atoms with Crippen LogP contribution in [0.15, 0.2) is 72.9 Å². The molecule has 0 saturated heterocycles. The smallest absolute Gasteiger partial charge is 0.200 e. The molecule has 1 aliphatic carbocycles. The van der Waals surface area contributed by atoms with Crippen LogP contribution < -0.4 is 4.57 Å². The summed E-state index contributed by atoms with van der Waals surface area (Å²) in [5.41, 5.74) is 15.0. The van der Waals surface area contributed by atoms with Crippen molar-refractivity contribution in [1.82, 2.24) is 0 Å². The molecule has 0 unspecified atom stereocenters. The third-order valence-electron chi connectivity index (χ3n) is 6.40. The van der Waals surface area contributed by atoms with Gasteiger partial charge in [-0.1, -0.05) is 60.7 Å². The second-order valence-corrected chi connectivity index (χ2v) is 8.29. The highest BCUT2D eigenvalue weighted by atomic mass is 14.9. The first-order valence-corrected chi connectivity index (χ1v) is 10.3. The number of fused-ring (bicyclic) bond motifs is 3. The number of benzene rings is 3. The van der Waals surface area contributed by atoms with E-state index >= 15 is 0 Å². The van der Waals surface area contributed by atoms with Crippen LogP contribution in [0, 0.1) is 20.8 Å². The van der Waals surface area contributed by atoms with Gasteiger partial charge in [0.05, 0.1) is 5.56 Å². The van der Waals surface area contributed by atoms with Crippen LogP contribution in [0.3, 0.4) is 0 Å². The van der Waals surface area contributed by atoms with Crippen molar-refractivity contribution < 1.29 is 4.57 Å². The van der Waals surface area contributed by atoms with Gasteiger partial charge in [0.1, 0.15) is 7.05 Å². The molecule has 5 rings (SSSR count). The van der Waals surface area contributed by atoms with E-state index in [4.69, 9.17) is 0 Å². The molecule has 1 aliphatic rings. The van der Waals surface area contributed by atoms with Crippen molar-refractivity contribution in [2.75, 3.05) is 0 Å². The van der Waals surface area contributed by atoms with Gasteiger partial charge in [-0.25, -0.2) is 4.57 Å². The monoisotopic (exact) mass is 376 g/mol. The summed E-state index contributed by atoms with van der Waals surface area (Å²) in [6.07, 6.45) is 3.31. The first-order chi connectivity index (χ1) is 14.0. The van der Waals surface area contributed by atoms with E-state index in [1.54, 1.807) is 0 Å². The maximum Gasteiger partial charge on any atom is 0.213 e. The van der Waals surface area contributed by atoms with Gasteiger partial charge in [0.2, 0.25) is 5.69 Å². The molecule has 0 bridgehead atoms. The average molecular weight is 377 g/mol. The Labute approximate surface area is 173 Å². The van der Waals surface area contributed by atoms with Gasteiger partial charge < -0.3 is 0 Å². The minimum atomic E-state index is 1.02. The number of pyridine rings is 1. The molecule has 4 aromatic rings. The number of nitrogens with zero attached hydrogens (tertiary/aromatic N) is 1. The molecule has 0 saturated carbocycles. The maximum absolute atomic E-state index is 2.36. The van der Waals surface area contributed by atoms with E-state index in [1.165, 1.54) is 61.3 Å². The van der Waals surface area contributed by atoms with Gasteiger partial charge in [-0.15, -0.1) is 0 Å². The van der Waals surface area contributed by atoms with Crippen LogP contribution in [-0.2, 0) is 13.5 Å². The lowest BCUT2D eigenvalue weighted by atomic mass is 9.92. The van der Waals surface area contributed by atoms with Crippen molar-refractivity contribution in [3.8, 4) is 33.5 Å². The van der Waals surface area contributed by atoms with Crippen molar-refractivity contribution in [2.45, 2.75) is 27.2 Å². The summed E-state index contributed by atoms with van der Waals surface area (Å²) in [4.78, 5) is 0. The number of rotatable bonds is 2. The van der Waals surface area contributed by atoms with E-state index in [0.29, 0.717) is 0 Å². The summed E-state index contributed by atoms with van der Waals surface area (Å²) < 4.78 is 2.30. The van der Waals surface area contributed by atoms with E-state index in [-0.39, 0.29) is 0 Å². The molecule has 1 heteroatoms. The summed E-state index contributed by atoms with van der Waals surface area (Å²) >= 11 is 0. The fourth-order valence-corrected chi connectivity index (χ4v) is 4.84. The van der Waals surface area contributed by atoms with Crippen LogP contribution in [-0.4, -0.2) is 0 Å². The Morgan fingerprint density at radius 3 is 2.21 bits per heavy atom. The van der Waals surface area contributed by atoms with Crippen LogP contribution in [0.1, 0.15) is 27.8 Å². The van der Waals surface area contributed by atoms with Gasteiger partial charge in [-0.05, 0) is 71.7 Å². The molecule has 3 aromatic carbocycles. The number of hydrogen-bond donors (Lipinski definition) is 0. The fourth-order valence-electron chi connectivity index (χ4n) is 4.84. The zero-order valence-electron chi connectivity index (χ0n) is 17.6. The molecule has 0 N–H and O–H groups in total. The van der Waals surface area contributed by atoms with E-state index in [9.17, 15) is 0 Å². The lowest BCUT2D eigenvalue weighted by Crippen LogP contribution is -2.31. The normalized spacial score (nSPS) is 12.0. The van der Waals surface area contributed by atoms with Gasteiger partial charge >= 0.3 is 0 Å². The molecular formula is C28H26N+. The quantitative estimate of drug-likeness (QED) is 0.316. The van der Waals surface area contributed by atoms with Crippen LogP contribution in [0.5, 0.6) is 0 Å². The third kappa shape index (κ3) is 2.81. The van der Waals surface area contributed by atoms with Gasteiger partial charge in [0.15, 0.2) is 6.20 Å². The summed E-state index contributed by atoms with van der Waals surface area (Å²) in [7, 11) is 2.17. The van der Waals surface area contributed by atoms with Crippen LogP contribution in [0.4, 0.5) is 0 Å². The molecule has 0 amide bonds. The summed E-state index contributed by atoms with van der Waals surface area (Å²) in [5.74, 6) is 0. The van der Waals surface area contributed by atoms with E-state index < -0.39 is 0 Å². The highest BCUT2D eigenvalue weighted by Crippen LogP contribution is 2.43. The molecule has 0 aliphatic heterocycles. The second-order valence-electron chi connectivity index (χ2n) is 8.29. The van der Waals surface area contributed by atoms with Crippen LogP contribution in [0.25, 0.3) is 33.5 Å². The largest absolute Gasteiger partial charge is 0.213 e. The molecule has 0 atom stereocenters. The zero-order chi connectivity index (χ0) is 20.1. The number of hydrogen-bond acceptors (Lipinski definition) is 0. The lowest BCUT2D eigenvalue weighted by Gasteiger charge is -2.13. The Balaban J connectivity index is 1.71. The Morgan fingerprint density at radius 2 is 1.41 bits per heavy atom. The van der Waals surface area contributed by atoms with Crippen LogP contribution >= 0.6 is 0 Å². The van der Waals surface area contributed by atoms with Crippen molar-refractivity contribution in [3.63, 3.8) is 0 Å². The minimum absolute atomic E-state index is 1.02. The molecule has 29 heavy (non-hydrogen) atoms. The maximum atomic E-state index is 2.36. The molecule has 0 spiro atoms. The highest BCUT2D eigenvalue weighted by Gasteiger charge is 2.27.